The van der Waals surface area contributed by atoms with Crippen LogP contribution >= 0.6 is 15.9 Å². The molecule has 8 heteroatoms. The van der Waals surface area contributed by atoms with Crippen molar-refractivity contribution in [1.29, 1.82) is 0 Å². The highest BCUT2D eigenvalue weighted by Gasteiger charge is 2.29. The second-order valence-electron chi connectivity index (χ2n) is 4.98. The highest BCUT2D eigenvalue weighted by Crippen LogP contribution is 2.24. The molecule has 0 radical (unpaired) electrons. The summed E-state index contributed by atoms with van der Waals surface area (Å²) in [4.78, 5) is 13.0. The van der Waals surface area contributed by atoms with Gasteiger partial charge < -0.3 is 14.7 Å². The van der Waals surface area contributed by atoms with Gasteiger partial charge in [0.25, 0.3) is 0 Å². The lowest BCUT2D eigenvalue weighted by Gasteiger charge is -2.29. The molecule has 0 amide bonds. The number of morpholine rings is 1. The Morgan fingerprint density at radius 3 is 2.86 bits per heavy atom. The van der Waals surface area contributed by atoms with Gasteiger partial charge >= 0.3 is 5.97 Å². The molecular formula is C13H16BrNO5S. The molecule has 0 saturated carbocycles. The Morgan fingerprint density at radius 2 is 2.24 bits per heavy atom. The maximum absolute atomic E-state index is 12.5. The van der Waals surface area contributed by atoms with Crippen LogP contribution in [0.4, 0.5) is 0 Å². The zero-order valence-electron chi connectivity index (χ0n) is 11.5. The van der Waals surface area contributed by atoms with Crippen molar-refractivity contribution in [1.82, 2.24) is 4.90 Å². The number of halogens is 1. The number of aromatic carboxylic acids is 1. The Hall–Kier alpha value is -0.960. The van der Waals surface area contributed by atoms with Crippen molar-refractivity contribution in [3.8, 4) is 0 Å². The number of sulfone groups is 1. The molecule has 1 aromatic carbocycles. The number of rotatable bonds is 4. The van der Waals surface area contributed by atoms with Gasteiger partial charge in [-0.2, -0.15) is 0 Å². The fourth-order valence-corrected chi connectivity index (χ4v) is 4.41. The molecule has 2 rings (SSSR count). The first kappa shape index (κ1) is 16.4. The predicted molar refractivity (Wildman–Crippen MR) is 80.4 cm³/mol. The lowest BCUT2D eigenvalue weighted by atomic mass is 10.2. The van der Waals surface area contributed by atoms with Gasteiger partial charge in [0.05, 0.1) is 28.9 Å². The minimum atomic E-state index is -3.74. The van der Waals surface area contributed by atoms with E-state index in [0.717, 1.165) is 6.54 Å². The second kappa shape index (κ2) is 6.43. The van der Waals surface area contributed by atoms with Gasteiger partial charge in [0.15, 0.2) is 9.84 Å². The number of hydrogen-bond donors (Lipinski definition) is 1. The molecular weight excluding hydrogens is 362 g/mol. The molecule has 21 heavy (non-hydrogen) atoms. The van der Waals surface area contributed by atoms with Crippen LogP contribution < -0.4 is 0 Å². The normalized spacial score (nSPS) is 20.4. The van der Waals surface area contributed by atoms with E-state index in [1.165, 1.54) is 18.2 Å². The summed E-state index contributed by atoms with van der Waals surface area (Å²) in [6.45, 7) is 1.74. The van der Waals surface area contributed by atoms with Gasteiger partial charge in [-0.05, 0) is 25.2 Å². The first-order chi connectivity index (χ1) is 9.79. The van der Waals surface area contributed by atoms with E-state index in [9.17, 15) is 13.2 Å². The number of hydrogen-bond acceptors (Lipinski definition) is 5. The van der Waals surface area contributed by atoms with Gasteiger partial charge in [0.1, 0.15) is 0 Å². The van der Waals surface area contributed by atoms with E-state index >= 15 is 0 Å². The molecule has 1 heterocycles. The summed E-state index contributed by atoms with van der Waals surface area (Å²) in [5.74, 6) is -1.49. The van der Waals surface area contributed by atoms with E-state index in [4.69, 9.17) is 9.84 Å². The molecule has 1 fully saturated rings. The summed E-state index contributed by atoms with van der Waals surface area (Å²) in [6, 6.07) is 4.12. The molecule has 1 aliphatic heterocycles. The lowest BCUT2D eigenvalue weighted by molar-refractivity contribution is -0.00682. The number of carbonyl (C=O) groups is 1. The van der Waals surface area contributed by atoms with Gasteiger partial charge in [-0.3, -0.25) is 0 Å². The Morgan fingerprint density at radius 1 is 1.52 bits per heavy atom. The largest absolute Gasteiger partial charge is 0.478 e. The van der Waals surface area contributed by atoms with Gasteiger partial charge in [-0.25, -0.2) is 13.2 Å². The quantitative estimate of drug-likeness (QED) is 0.849. The Labute approximate surface area is 131 Å². The molecule has 1 saturated heterocycles. The van der Waals surface area contributed by atoms with Crippen molar-refractivity contribution in [3.05, 3.63) is 28.2 Å². The van der Waals surface area contributed by atoms with Crippen LogP contribution in [-0.2, 0) is 14.6 Å². The highest BCUT2D eigenvalue weighted by molar-refractivity contribution is 9.10. The van der Waals surface area contributed by atoms with Crippen LogP contribution in [0.15, 0.2) is 27.6 Å². The molecule has 1 aliphatic rings. The van der Waals surface area contributed by atoms with Crippen LogP contribution in [0.25, 0.3) is 0 Å². The Balaban J connectivity index is 2.31. The topological polar surface area (TPSA) is 83.9 Å². The molecule has 0 bridgehead atoms. The summed E-state index contributed by atoms with van der Waals surface area (Å²) in [5.41, 5.74) is -0.220. The van der Waals surface area contributed by atoms with E-state index in [1.807, 2.05) is 11.9 Å². The number of likely N-dealkylation sites (N-methyl/N-ethyl adjacent to an activating group) is 1. The van der Waals surface area contributed by atoms with Crippen molar-refractivity contribution < 1.29 is 23.1 Å². The van der Waals surface area contributed by atoms with Crippen molar-refractivity contribution >= 4 is 31.7 Å². The van der Waals surface area contributed by atoms with Crippen LogP contribution in [0.3, 0.4) is 0 Å². The smallest absolute Gasteiger partial charge is 0.337 e. The van der Waals surface area contributed by atoms with Gasteiger partial charge in [0.2, 0.25) is 0 Å². The fraction of sp³-hybridized carbons (Fsp3) is 0.462. The maximum atomic E-state index is 12.5. The zero-order chi connectivity index (χ0) is 15.6. The lowest BCUT2D eigenvalue weighted by Crippen LogP contribution is -2.43. The van der Waals surface area contributed by atoms with Crippen molar-refractivity contribution in [2.45, 2.75) is 11.0 Å². The van der Waals surface area contributed by atoms with Crippen molar-refractivity contribution in [3.63, 3.8) is 0 Å². The van der Waals surface area contributed by atoms with Crippen LogP contribution in [0, 0.1) is 0 Å². The molecule has 1 atom stereocenters. The number of ether oxygens (including phenoxy) is 1. The highest BCUT2D eigenvalue weighted by atomic mass is 79.9. The van der Waals surface area contributed by atoms with E-state index in [0.29, 0.717) is 17.6 Å². The average Bonchev–Trinajstić information content (AvgIpc) is 2.37. The Bertz CT molecular complexity index is 646. The number of carboxylic acids is 1. The summed E-state index contributed by atoms with van der Waals surface area (Å²) in [5, 5.41) is 9.15. The maximum Gasteiger partial charge on any atom is 0.337 e. The van der Waals surface area contributed by atoms with E-state index < -0.39 is 21.9 Å². The van der Waals surface area contributed by atoms with E-state index in [-0.39, 0.29) is 16.2 Å². The molecule has 0 aliphatic carbocycles. The molecule has 0 aromatic heterocycles. The van der Waals surface area contributed by atoms with Crippen molar-refractivity contribution in [2.75, 3.05) is 32.5 Å². The molecule has 116 valence electrons. The summed E-state index contributed by atoms with van der Waals surface area (Å²) in [7, 11) is -1.85. The summed E-state index contributed by atoms with van der Waals surface area (Å²) in [6.07, 6.45) is -0.450. The van der Waals surface area contributed by atoms with Crippen LogP contribution in [0.2, 0.25) is 0 Å². The number of nitrogens with zero attached hydrogens (tertiary/aromatic N) is 1. The van der Waals surface area contributed by atoms with Gasteiger partial charge in [0, 0.05) is 17.6 Å². The fourth-order valence-electron chi connectivity index (χ4n) is 2.23. The monoisotopic (exact) mass is 377 g/mol. The second-order valence-corrected chi connectivity index (χ2v) is 7.90. The Kier molecular flexibility index (Phi) is 5.03. The minimum absolute atomic E-state index is 0.179. The number of benzene rings is 1. The first-order valence-electron chi connectivity index (χ1n) is 6.35. The molecule has 1 aromatic rings. The summed E-state index contributed by atoms with van der Waals surface area (Å²) < 4.78 is 31.0. The third kappa shape index (κ3) is 4.03. The summed E-state index contributed by atoms with van der Waals surface area (Å²) >= 11 is 3.18. The zero-order valence-corrected chi connectivity index (χ0v) is 13.9. The van der Waals surface area contributed by atoms with Crippen molar-refractivity contribution in [2.24, 2.45) is 0 Å². The standard InChI is InChI=1S/C13H16BrNO5S/c1-15-4-5-20-10(7-15)8-21(18,19)12-6-9(14)2-3-11(12)13(16)17/h2-3,6,10H,4-5,7-8H2,1H3,(H,16,17). The van der Waals surface area contributed by atoms with Crippen LogP contribution in [0.1, 0.15) is 10.4 Å². The predicted octanol–water partition coefficient (Wildman–Crippen LogP) is 1.25. The van der Waals surface area contributed by atoms with E-state index in [2.05, 4.69) is 15.9 Å². The average molecular weight is 378 g/mol. The van der Waals surface area contributed by atoms with Crippen LogP contribution in [-0.4, -0.2) is 63.0 Å². The molecule has 1 N–H and O–H groups in total. The third-order valence-electron chi connectivity index (χ3n) is 3.26. The first-order valence-corrected chi connectivity index (χ1v) is 8.80. The molecule has 0 spiro atoms. The molecule has 6 nitrogen and oxygen atoms in total. The SMILES string of the molecule is CN1CCOC(CS(=O)(=O)c2cc(Br)ccc2C(=O)O)C1. The third-order valence-corrected chi connectivity index (χ3v) is 5.57. The molecule has 1 unspecified atom stereocenters. The minimum Gasteiger partial charge on any atom is -0.478 e. The van der Waals surface area contributed by atoms with Gasteiger partial charge in [-0.1, -0.05) is 15.9 Å². The number of carboxylic acid groups (broad SMARTS) is 1. The van der Waals surface area contributed by atoms with E-state index in [1.54, 1.807) is 0 Å². The van der Waals surface area contributed by atoms with Gasteiger partial charge in [-0.15, -0.1) is 0 Å². The van der Waals surface area contributed by atoms with Crippen LogP contribution in [0.5, 0.6) is 0 Å².